The van der Waals surface area contributed by atoms with E-state index in [9.17, 15) is 9.59 Å². The van der Waals surface area contributed by atoms with Gasteiger partial charge in [-0.15, -0.1) is 24.0 Å². The molecule has 0 spiro atoms. The highest BCUT2D eigenvalue weighted by Crippen LogP contribution is 1.70. The lowest BCUT2D eigenvalue weighted by Gasteiger charge is -1.74. The number of carboxylic acids is 2. The van der Waals surface area contributed by atoms with Crippen molar-refractivity contribution in [3.63, 3.8) is 0 Å². The van der Waals surface area contributed by atoms with E-state index in [1.165, 1.54) is 0 Å². The summed E-state index contributed by atoms with van der Waals surface area (Å²) in [5.74, 6) is -2.51. The molecule has 0 saturated carbocycles. The van der Waals surface area contributed by atoms with Crippen LogP contribution in [0.15, 0.2) is 12.2 Å². The zero-order valence-corrected chi connectivity index (χ0v) is 6.60. The topological polar surface area (TPSA) is 74.6 Å². The van der Waals surface area contributed by atoms with E-state index in [-0.39, 0.29) is 24.0 Å². The molecule has 0 radical (unpaired) electrons. The van der Waals surface area contributed by atoms with Gasteiger partial charge in [-0.2, -0.15) is 0 Å². The highest BCUT2D eigenvalue weighted by Gasteiger charge is 1.88. The normalized spacial score (nSPS) is 8.44. The van der Waals surface area contributed by atoms with Crippen LogP contribution < -0.4 is 0 Å². The second-order valence-electron chi connectivity index (χ2n) is 1.01. The molecule has 9 heavy (non-hydrogen) atoms. The summed E-state index contributed by atoms with van der Waals surface area (Å²) >= 11 is 0. The summed E-state index contributed by atoms with van der Waals surface area (Å²) in [6, 6.07) is 0. The summed E-state index contributed by atoms with van der Waals surface area (Å²) in [5, 5.41) is 15.6. The summed E-state index contributed by atoms with van der Waals surface area (Å²) < 4.78 is 0. The van der Waals surface area contributed by atoms with Crippen LogP contribution in [0.3, 0.4) is 0 Å². The van der Waals surface area contributed by atoms with Crippen LogP contribution in [-0.2, 0) is 9.59 Å². The quantitative estimate of drug-likeness (QED) is 0.542. The van der Waals surface area contributed by atoms with Crippen molar-refractivity contribution in [3.8, 4) is 0 Å². The van der Waals surface area contributed by atoms with Crippen LogP contribution in [0.4, 0.5) is 0 Å². The van der Waals surface area contributed by atoms with Crippen LogP contribution in [0.2, 0.25) is 0 Å². The first-order chi connectivity index (χ1) is 3.63. The summed E-state index contributed by atoms with van der Waals surface area (Å²) in [6.07, 6.45) is 1.12. The van der Waals surface area contributed by atoms with Gasteiger partial charge in [0, 0.05) is 12.2 Å². The number of halogens is 1. The van der Waals surface area contributed by atoms with Crippen molar-refractivity contribution in [2.75, 3.05) is 0 Å². The summed E-state index contributed by atoms with van der Waals surface area (Å²) in [6.45, 7) is 0. The predicted octanol–water partition coefficient (Wildman–Crippen LogP) is 0.330. The van der Waals surface area contributed by atoms with Crippen LogP contribution in [-0.4, -0.2) is 22.2 Å². The zero-order valence-electron chi connectivity index (χ0n) is 4.27. The fourth-order valence-corrected chi connectivity index (χ4v) is 0.143. The van der Waals surface area contributed by atoms with Crippen molar-refractivity contribution < 1.29 is 19.8 Å². The fourth-order valence-electron chi connectivity index (χ4n) is 0.143. The van der Waals surface area contributed by atoms with Crippen LogP contribution in [0.1, 0.15) is 0 Å². The Balaban J connectivity index is 0. The lowest BCUT2D eigenvalue weighted by Crippen LogP contribution is -1.91. The highest BCUT2D eigenvalue weighted by molar-refractivity contribution is 14.0. The third kappa shape index (κ3) is 11.2. The molecule has 4 nitrogen and oxygen atoms in total. The third-order valence-electron chi connectivity index (χ3n) is 0.368. The molecule has 0 aromatic carbocycles. The molecule has 5 heteroatoms. The molecule has 52 valence electrons. The Labute approximate surface area is 68.2 Å². The van der Waals surface area contributed by atoms with Crippen molar-refractivity contribution in [3.05, 3.63) is 12.2 Å². The number of hydrogen-bond acceptors (Lipinski definition) is 2. The first-order valence-electron chi connectivity index (χ1n) is 1.77. The Hall–Kier alpha value is -0.590. The minimum absolute atomic E-state index is 0. The number of hydrogen-bond donors (Lipinski definition) is 2. The molecule has 0 fully saturated rings. The van der Waals surface area contributed by atoms with Gasteiger partial charge in [0.15, 0.2) is 0 Å². The van der Waals surface area contributed by atoms with Crippen molar-refractivity contribution in [2.45, 2.75) is 0 Å². The predicted molar refractivity (Wildman–Crippen MR) is 39.8 cm³/mol. The highest BCUT2D eigenvalue weighted by atomic mass is 127. The van der Waals surface area contributed by atoms with Gasteiger partial charge < -0.3 is 10.2 Å². The van der Waals surface area contributed by atoms with Gasteiger partial charge in [-0.1, -0.05) is 0 Å². The average Bonchev–Trinajstić information content (AvgIpc) is 1.61. The molecular weight excluding hydrogens is 239 g/mol. The molecule has 0 unspecified atom stereocenters. The molecule has 0 aromatic heterocycles. The fraction of sp³-hybridized carbons (Fsp3) is 0. The Morgan fingerprint density at radius 1 is 1.00 bits per heavy atom. The maximum Gasteiger partial charge on any atom is 0.328 e. The molecule has 0 atom stereocenters. The number of aliphatic carboxylic acids is 2. The maximum atomic E-state index is 9.55. The van der Waals surface area contributed by atoms with Crippen LogP contribution in [0.5, 0.6) is 0 Å². The monoisotopic (exact) mass is 244 g/mol. The van der Waals surface area contributed by atoms with Gasteiger partial charge in [0.25, 0.3) is 0 Å². The standard InChI is InChI=1S/C4H4O4.HI/c5-3(6)1-2-4(7)8;/h1-2H,(H,5,6)(H,7,8);1H/b2-1+;. The molecule has 0 heterocycles. The van der Waals surface area contributed by atoms with Crippen molar-refractivity contribution >= 4 is 35.9 Å². The van der Waals surface area contributed by atoms with Crippen LogP contribution in [0.25, 0.3) is 0 Å². The molecule has 0 aliphatic rings. The maximum absolute atomic E-state index is 9.55. The minimum Gasteiger partial charge on any atom is -0.478 e. The second-order valence-corrected chi connectivity index (χ2v) is 1.01. The van der Waals surface area contributed by atoms with E-state index in [4.69, 9.17) is 10.2 Å². The number of rotatable bonds is 2. The minimum atomic E-state index is -1.26. The van der Waals surface area contributed by atoms with Gasteiger partial charge in [-0.25, -0.2) is 9.59 Å². The Kier molecular flexibility index (Phi) is 6.92. The smallest absolute Gasteiger partial charge is 0.328 e. The Bertz CT molecular complexity index is 124. The Morgan fingerprint density at radius 3 is 1.33 bits per heavy atom. The van der Waals surface area contributed by atoms with Gasteiger partial charge in [0.1, 0.15) is 0 Å². The molecule has 0 saturated heterocycles. The van der Waals surface area contributed by atoms with Gasteiger partial charge in [-0.3, -0.25) is 0 Å². The van der Waals surface area contributed by atoms with Gasteiger partial charge >= 0.3 is 11.9 Å². The summed E-state index contributed by atoms with van der Waals surface area (Å²) in [5.41, 5.74) is 0. The van der Waals surface area contributed by atoms with E-state index < -0.39 is 11.9 Å². The molecule has 0 aliphatic heterocycles. The van der Waals surface area contributed by atoms with Crippen LogP contribution >= 0.6 is 24.0 Å². The lowest BCUT2D eigenvalue weighted by molar-refractivity contribution is -0.134. The van der Waals surface area contributed by atoms with E-state index in [1.807, 2.05) is 0 Å². The molecule has 0 bridgehead atoms. The van der Waals surface area contributed by atoms with E-state index in [0.29, 0.717) is 12.2 Å². The molecule has 0 aromatic rings. The zero-order chi connectivity index (χ0) is 6.57. The van der Waals surface area contributed by atoms with Gasteiger partial charge in [0.05, 0.1) is 0 Å². The third-order valence-corrected chi connectivity index (χ3v) is 0.368. The van der Waals surface area contributed by atoms with Crippen molar-refractivity contribution in [2.24, 2.45) is 0 Å². The second kappa shape index (κ2) is 5.54. The van der Waals surface area contributed by atoms with E-state index in [1.54, 1.807) is 0 Å². The van der Waals surface area contributed by atoms with Crippen molar-refractivity contribution in [1.29, 1.82) is 0 Å². The molecule has 0 aliphatic carbocycles. The van der Waals surface area contributed by atoms with E-state index in [2.05, 4.69) is 0 Å². The molecule has 2 N–H and O–H groups in total. The molecule has 0 amide bonds. The number of carbonyl (C=O) groups is 2. The number of carboxylic acid groups (broad SMARTS) is 2. The average molecular weight is 244 g/mol. The first kappa shape index (κ1) is 11.2. The van der Waals surface area contributed by atoms with E-state index >= 15 is 0 Å². The first-order valence-corrected chi connectivity index (χ1v) is 1.77. The SMILES string of the molecule is I.O=C(O)/C=C/C(=O)O. The van der Waals surface area contributed by atoms with Gasteiger partial charge in [-0.05, 0) is 0 Å². The van der Waals surface area contributed by atoms with Crippen LogP contribution in [0, 0.1) is 0 Å². The molecule has 0 rings (SSSR count). The summed E-state index contributed by atoms with van der Waals surface area (Å²) in [7, 11) is 0. The Morgan fingerprint density at radius 2 is 1.22 bits per heavy atom. The summed E-state index contributed by atoms with van der Waals surface area (Å²) in [4.78, 5) is 19.1. The van der Waals surface area contributed by atoms with E-state index in [0.717, 1.165) is 0 Å². The van der Waals surface area contributed by atoms with Crippen molar-refractivity contribution in [1.82, 2.24) is 0 Å². The van der Waals surface area contributed by atoms with Gasteiger partial charge in [0.2, 0.25) is 0 Å². The molecular formula is C4H5IO4. The lowest BCUT2D eigenvalue weighted by atomic mass is 10.5. The largest absolute Gasteiger partial charge is 0.478 e.